The van der Waals surface area contributed by atoms with E-state index in [1.54, 1.807) is 19.6 Å². The lowest BCUT2D eigenvalue weighted by Crippen LogP contribution is -2.30. The van der Waals surface area contributed by atoms with Gasteiger partial charge in [0.25, 0.3) is 0 Å². The summed E-state index contributed by atoms with van der Waals surface area (Å²) in [6, 6.07) is 1.94. The Kier molecular flexibility index (Phi) is 4.03. The van der Waals surface area contributed by atoms with Gasteiger partial charge >= 0.3 is 5.69 Å². The lowest BCUT2D eigenvalue weighted by Gasteiger charge is -2.23. The number of hydrogen-bond donors (Lipinski definition) is 0. The zero-order chi connectivity index (χ0) is 17.6. The van der Waals surface area contributed by atoms with Crippen molar-refractivity contribution in [3.63, 3.8) is 0 Å². The molecule has 2 unspecified atom stereocenters. The van der Waals surface area contributed by atoms with Crippen molar-refractivity contribution < 1.29 is 0 Å². The number of anilines is 1. The summed E-state index contributed by atoms with van der Waals surface area (Å²) in [7, 11) is 1.73. The van der Waals surface area contributed by atoms with Gasteiger partial charge in [-0.25, -0.2) is 14.8 Å². The Labute approximate surface area is 147 Å². The first-order chi connectivity index (χ1) is 12.0. The molecule has 0 aromatic carbocycles. The monoisotopic (exact) mass is 340 g/mol. The maximum atomic E-state index is 11.7. The highest BCUT2D eigenvalue weighted by molar-refractivity contribution is 5.48. The standard InChI is InChI=1S/C18H24N6O/c1-12-13(2)19-11-20-17(12)24-8-14-6-23(7-15(14)9-24)10-16-4-5-22(3)18(25)21-16/h4-5,11,14-15H,6-10H2,1-3H3. The smallest absolute Gasteiger partial charge is 0.347 e. The van der Waals surface area contributed by atoms with E-state index in [2.05, 4.69) is 31.7 Å². The third-order valence-electron chi connectivity index (χ3n) is 5.59. The highest BCUT2D eigenvalue weighted by Crippen LogP contribution is 2.34. The number of rotatable bonds is 3. The first kappa shape index (κ1) is 16.2. The molecule has 0 bridgehead atoms. The summed E-state index contributed by atoms with van der Waals surface area (Å²) in [4.78, 5) is 29.5. The lowest BCUT2D eigenvalue weighted by atomic mass is 10.0. The van der Waals surface area contributed by atoms with Crippen LogP contribution in [0.5, 0.6) is 0 Å². The number of nitrogens with zero attached hydrogens (tertiary/aromatic N) is 6. The molecular formula is C18H24N6O. The summed E-state index contributed by atoms with van der Waals surface area (Å²) in [5.74, 6) is 2.39. The number of likely N-dealkylation sites (tertiary alicyclic amines) is 1. The molecule has 4 rings (SSSR count). The van der Waals surface area contributed by atoms with E-state index >= 15 is 0 Å². The maximum Gasteiger partial charge on any atom is 0.347 e. The van der Waals surface area contributed by atoms with Gasteiger partial charge in [0.1, 0.15) is 12.1 Å². The quantitative estimate of drug-likeness (QED) is 0.822. The van der Waals surface area contributed by atoms with Crippen LogP contribution in [0.1, 0.15) is 17.0 Å². The summed E-state index contributed by atoms with van der Waals surface area (Å²) >= 11 is 0. The minimum atomic E-state index is -0.183. The molecule has 2 atom stereocenters. The van der Waals surface area contributed by atoms with E-state index in [0.717, 1.165) is 49.9 Å². The van der Waals surface area contributed by atoms with E-state index in [1.807, 2.05) is 13.0 Å². The first-order valence-corrected chi connectivity index (χ1v) is 8.79. The van der Waals surface area contributed by atoms with Gasteiger partial charge in [0.05, 0.1) is 5.69 Å². The molecule has 4 heterocycles. The van der Waals surface area contributed by atoms with Gasteiger partial charge in [-0.15, -0.1) is 0 Å². The fourth-order valence-electron chi connectivity index (χ4n) is 4.05. The Balaban J connectivity index is 1.41. The average Bonchev–Trinajstić information content (AvgIpc) is 3.12. The van der Waals surface area contributed by atoms with E-state index in [4.69, 9.17) is 0 Å². The third kappa shape index (κ3) is 3.04. The van der Waals surface area contributed by atoms with Crippen LogP contribution in [0.4, 0.5) is 5.82 Å². The summed E-state index contributed by atoms with van der Waals surface area (Å²) in [5.41, 5.74) is 2.92. The van der Waals surface area contributed by atoms with Crippen LogP contribution in [0.3, 0.4) is 0 Å². The van der Waals surface area contributed by atoms with Crippen molar-refractivity contribution in [3.05, 3.63) is 46.0 Å². The number of aryl methyl sites for hydroxylation is 2. The molecule has 0 N–H and O–H groups in total. The van der Waals surface area contributed by atoms with Crippen LogP contribution in [0.15, 0.2) is 23.4 Å². The largest absolute Gasteiger partial charge is 0.356 e. The minimum Gasteiger partial charge on any atom is -0.356 e. The predicted octanol–water partition coefficient (Wildman–Crippen LogP) is 0.755. The van der Waals surface area contributed by atoms with Gasteiger partial charge in [0, 0.05) is 57.2 Å². The SMILES string of the molecule is Cc1ncnc(N2CC3CN(Cc4ccn(C)c(=O)n4)CC3C2)c1C. The van der Waals surface area contributed by atoms with Crippen molar-refractivity contribution in [3.8, 4) is 0 Å². The zero-order valence-electron chi connectivity index (χ0n) is 15.0. The van der Waals surface area contributed by atoms with Gasteiger partial charge < -0.3 is 9.47 Å². The predicted molar refractivity (Wildman–Crippen MR) is 95.5 cm³/mol. The van der Waals surface area contributed by atoms with Gasteiger partial charge in [0.2, 0.25) is 0 Å². The molecule has 2 aliphatic rings. The van der Waals surface area contributed by atoms with Gasteiger partial charge in [-0.1, -0.05) is 0 Å². The molecule has 2 saturated heterocycles. The fraction of sp³-hybridized carbons (Fsp3) is 0.556. The Morgan fingerprint density at radius 1 is 1.12 bits per heavy atom. The van der Waals surface area contributed by atoms with Crippen molar-refractivity contribution in [2.45, 2.75) is 20.4 Å². The molecule has 0 saturated carbocycles. The van der Waals surface area contributed by atoms with E-state index in [1.165, 1.54) is 10.1 Å². The van der Waals surface area contributed by atoms with E-state index < -0.39 is 0 Å². The molecule has 0 amide bonds. The van der Waals surface area contributed by atoms with Crippen LogP contribution in [0, 0.1) is 25.7 Å². The number of fused-ring (bicyclic) bond motifs is 1. The van der Waals surface area contributed by atoms with Crippen LogP contribution in [0.2, 0.25) is 0 Å². The van der Waals surface area contributed by atoms with Crippen molar-refractivity contribution in [2.24, 2.45) is 18.9 Å². The first-order valence-electron chi connectivity index (χ1n) is 8.79. The minimum absolute atomic E-state index is 0.183. The molecule has 0 spiro atoms. The highest BCUT2D eigenvalue weighted by atomic mass is 16.1. The molecule has 0 radical (unpaired) electrons. The zero-order valence-corrected chi connectivity index (χ0v) is 15.0. The van der Waals surface area contributed by atoms with Gasteiger partial charge in [-0.05, 0) is 31.7 Å². The second-order valence-electron chi connectivity index (χ2n) is 7.34. The van der Waals surface area contributed by atoms with Crippen LogP contribution >= 0.6 is 0 Å². The summed E-state index contributed by atoms with van der Waals surface area (Å²) in [6.07, 6.45) is 3.46. The average molecular weight is 340 g/mol. The van der Waals surface area contributed by atoms with Crippen LogP contribution in [-0.4, -0.2) is 50.6 Å². The number of aromatic nitrogens is 4. The second kappa shape index (κ2) is 6.22. The fourth-order valence-corrected chi connectivity index (χ4v) is 4.05. The van der Waals surface area contributed by atoms with Crippen LogP contribution in [-0.2, 0) is 13.6 Å². The summed E-state index contributed by atoms with van der Waals surface area (Å²) < 4.78 is 1.51. The molecule has 7 heteroatoms. The third-order valence-corrected chi connectivity index (χ3v) is 5.59. The Morgan fingerprint density at radius 3 is 2.52 bits per heavy atom. The van der Waals surface area contributed by atoms with Crippen LogP contribution < -0.4 is 10.6 Å². The van der Waals surface area contributed by atoms with Gasteiger partial charge in [-0.3, -0.25) is 4.90 Å². The number of hydrogen-bond acceptors (Lipinski definition) is 6. The topological polar surface area (TPSA) is 67.2 Å². The molecule has 0 aliphatic carbocycles. The van der Waals surface area contributed by atoms with Crippen LogP contribution in [0.25, 0.3) is 0 Å². The molecule has 2 aromatic heterocycles. The van der Waals surface area contributed by atoms with Crippen molar-refractivity contribution in [2.75, 3.05) is 31.1 Å². The van der Waals surface area contributed by atoms with Gasteiger partial charge in [0.15, 0.2) is 0 Å². The van der Waals surface area contributed by atoms with Crippen molar-refractivity contribution in [1.82, 2.24) is 24.4 Å². The Hall–Kier alpha value is -2.28. The Morgan fingerprint density at radius 2 is 1.84 bits per heavy atom. The molecule has 7 nitrogen and oxygen atoms in total. The lowest BCUT2D eigenvalue weighted by molar-refractivity contribution is 0.304. The molecule has 25 heavy (non-hydrogen) atoms. The van der Waals surface area contributed by atoms with E-state index in [9.17, 15) is 4.79 Å². The van der Waals surface area contributed by atoms with E-state index in [0.29, 0.717) is 11.8 Å². The molecular weight excluding hydrogens is 316 g/mol. The highest BCUT2D eigenvalue weighted by Gasteiger charge is 2.40. The maximum absolute atomic E-state index is 11.7. The normalized spacial score (nSPS) is 23.2. The Bertz CT molecular complexity index is 834. The van der Waals surface area contributed by atoms with Crippen molar-refractivity contribution in [1.29, 1.82) is 0 Å². The molecule has 2 aliphatic heterocycles. The van der Waals surface area contributed by atoms with E-state index in [-0.39, 0.29) is 5.69 Å². The van der Waals surface area contributed by atoms with Gasteiger partial charge in [-0.2, -0.15) is 4.98 Å². The molecule has 132 valence electrons. The second-order valence-corrected chi connectivity index (χ2v) is 7.34. The molecule has 2 fully saturated rings. The molecule has 2 aromatic rings. The summed E-state index contributed by atoms with van der Waals surface area (Å²) in [5, 5.41) is 0. The summed E-state index contributed by atoms with van der Waals surface area (Å²) in [6.45, 7) is 9.10. The van der Waals surface area contributed by atoms with Crippen molar-refractivity contribution >= 4 is 5.82 Å².